The highest BCUT2D eigenvalue weighted by atomic mass is 16.5. The molecule has 4 aliphatic rings. The second-order valence-corrected chi connectivity index (χ2v) is 10.2. The first-order valence-electron chi connectivity index (χ1n) is 13.0. The molecule has 4 aliphatic heterocycles. The van der Waals surface area contributed by atoms with Crippen LogP contribution in [0.15, 0.2) is 54.6 Å². The number of anilines is 1. The number of benzene rings is 1. The summed E-state index contributed by atoms with van der Waals surface area (Å²) >= 11 is 0. The fourth-order valence-electron chi connectivity index (χ4n) is 6.45. The Morgan fingerprint density at radius 2 is 1.86 bits per heavy atom. The third kappa shape index (κ3) is 3.78. The van der Waals surface area contributed by atoms with Crippen molar-refractivity contribution >= 4 is 23.4 Å². The first-order chi connectivity index (χ1) is 17.4. The molecular formula is C28H35N3O5. The van der Waals surface area contributed by atoms with E-state index in [1.54, 1.807) is 9.80 Å². The molecule has 6 atom stereocenters. The number of hydrogen-bond acceptors (Lipinski definition) is 5. The predicted molar refractivity (Wildman–Crippen MR) is 135 cm³/mol. The topological polar surface area (TPSA) is 90.4 Å². The molecule has 8 heteroatoms. The molecule has 1 aromatic rings. The molecule has 1 aromatic carbocycles. The molecule has 2 fully saturated rings. The van der Waals surface area contributed by atoms with E-state index in [2.05, 4.69) is 6.92 Å². The van der Waals surface area contributed by atoms with Gasteiger partial charge in [-0.3, -0.25) is 14.4 Å². The average molecular weight is 494 g/mol. The summed E-state index contributed by atoms with van der Waals surface area (Å²) in [5.74, 6) is -2.12. The number of carbonyl (C=O) groups is 3. The van der Waals surface area contributed by atoms with E-state index in [0.29, 0.717) is 19.5 Å². The third-order valence-electron chi connectivity index (χ3n) is 8.05. The van der Waals surface area contributed by atoms with Crippen molar-refractivity contribution in [1.82, 2.24) is 9.80 Å². The van der Waals surface area contributed by atoms with Crippen LogP contribution < -0.4 is 4.90 Å². The minimum Gasteiger partial charge on any atom is -0.396 e. The van der Waals surface area contributed by atoms with Gasteiger partial charge in [-0.25, -0.2) is 0 Å². The lowest BCUT2D eigenvalue weighted by molar-refractivity contribution is -0.148. The zero-order chi connectivity index (χ0) is 25.4. The van der Waals surface area contributed by atoms with Crippen molar-refractivity contribution in [3.8, 4) is 0 Å². The van der Waals surface area contributed by atoms with Gasteiger partial charge in [-0.15, -0.1) is 0 Å². The highest BCUT2D eigenvalue weighted by Crippen LogP contribution is 2.53. The molecule has 4 heterocycles. The largest absolute Gasteiger partial charge is 0.396 e. The number of aliphatic hydroxyl groups is 1. The summed E-state index contributed by atoms with van der Waals surface area (Å²) in [6.07, 6.45) is 9.13. The van der Waals surface area contributed by atoms with Gasteiger partial charge in [0, 0.05) is 38.0 Å². The summed E-state index contributed by atoms with van der Waals surface area (Å²) in [7, 11) is 0. The molecule has 8 nitrogen and oxygen atoms in total. The van der Waals surface area contributed by atoms with Crippen molar-refractivity contribution in [1.29, 1.82) is 0 Å². The summed E-state index contributed by atoms with van der Waals surface area (Å²) in [5.41, 5.74) is -0.459. The van der Waals surface area contributed by atoms with Crippen molar-refractivity contribution in [2.24, 2.45) is 11.8 Å². The van der Waals surface area contributed by atoms with E-state index >= 15 is 0 Å². The van der Waals surface area contributed by atoms with Crippen LogP contribution in [0.25, 0.3) is 0 Å². The number of hydrogen-bond donors (Lipinski definition) is 1. The van der Waals surface area contributed by atoms with Crippen molar-refractivity contribution in [2.75, 3.05) is 31.1 Å². The Morgan fingerprint density at radius 3 is 2.58 bits per heavy atom. The summed E-state index contributed by atoms with van der Waals surface area (Å²) in [5, 5.41) is 9.52. The van der Waals surface area contributed by atoms with E-state index in [1.165, 1.54) is 0 Å². The van der Waals surface area contributed by atoms with Gasteiger partial charge in [0.15, 0.2) is 0 Å². The van der Waals surface area contributed by atoms with Crippen molar-refractivity contribution in [3.63, 3.8) is 0 Å². The number of likely N-dealkylation sites (tertiary alicyclic amines) is 1. The highest BCUT2D eigenvalue weighted by molar-refractivity contribution is 6.03. The number of carbonyl (C=O) groups excluding carboxylic acids is 3. The van der Waals surface area contributed by atoms with Gasteiger partial charge in [0.05, 0.1) is 17.9 Å². The maximum atomic E-state index is 14.1. The van der Waals surface area contributed by atoms with Crippen LogP contribution in [-0.4, -0.2) is 82.7 Å². The number of ether oxygens (including phenoxy) is 1. The zero-order valence-electron chi connectivity index (χ0n) is 21.0. The summed E-state index contributed by atoms with van der Waals surface area (Å²) in [6.45, 7) is 5.09. The minimum absolute atomic E-state index is 0.0122. The SMILES string of the molecule is CCCC(C)N1CC=C[C@]23O[C@H]4C=CCN(c5ccccc5)C(=O)[C@H]4[C@H]2C(=O)N(CCCO)C3C1=O. The van der Waals surface area contributed by atoms with Crippen molar-refractivity contribution in [3.05, 3.63) is 54.6 Å². The van der Waals surface area contributed by atoms with Gasteiger partial charge >= 0.3 is 0 Å². The van der Waals surface area contributed by atoms with Crippen LogP contribution in [0.5, 0.6) is 0 Å². The van der Waals surface area contributed by atoms with Gasteiger partial charge in [0.2, 0.25) is 17.7 Å². The first-order valence-corrected chi connectivity index (χ1v) is 13.0. The zero-order valence-corrected chi connectivity index (χ0v) is 21.0. The molecule has 0 saturated carbocycles. The molecule has 0 aromatic heterocycles. The molecule has 0 bridgehead atoms. The van der Waals surface area contributed by atoms with Crippen LogP contribution in [0.3, 0.4) is 0 Å². The molecule has 3 amide bonds. The van der Waals surface area contributed by atoms with E-state index in [1.807, 2.05) is 66.5 Å². The molecule has 192 valence electrons. The van der Waals surface area contributed by atoms with Crippen LogP contribution >= 0.6 is 0 Å². The second-order valence-electron chi connectivity index (χ2n) is 10.2. The first kappa shape index (κ1) is 24.7. The molecule has 0 aliphatic carbocycles. The van der Waals surface area contributed by atoms with E-state index < -0.39 is 29.6 Å². The smallest absolute Gasteiger partial charge is 0.249 e. The number of aliphatic hydroxyl groups excluding tert-OH is 1. The van der Waals surface area contributed by atoms with E-state index in [-0.39, 0.29) is 36.9 Å². The average Bonchev–Trinajstić information content (AvgIpc) is 3.18. The molecule has 1 N–H and O–H groups in total. The highest BCUT2D eigenvalue weighted by Gasteiger charge is 2.71. The third-order valence-corrected chi connectivity index (χ3v) is 8.05. The number of amides is 3. The number of fused-ring (bicyclic) bond motifs is 2. The van der Waals surface area contributed by atoms with Crippen LogP contribution in [0, 0.1) is 11.8 Å². The van der Waals surface area contributed by atoms with Crippen LogP contribution in [-0.2, 0) is 19.1 Å². The van der Waals surface area contributed by atoms with Gasteiger partial charge < -0.3 is 24.5 Å². The lowest BCUT2D eigenvalue weighted by atomic mass is 9.77. The summed E-state index contributed by atoms with van der Waals surface area (Å²) in [4.78, 5) is 47.2. The van der Waals surface area contributed by atoms with E-state index in [4.69, 9.17) is 4.74 Å². The van der Waals surface area contributed by atoms with Crippen molar-refractivity contribution < 1.29 is 24.2 Å². The van der Waals surface area contributed by atoms with E-state index in [0.717, 1.165) is 18.5 Å². The Balaban J connectivity index is 1.57. The van der Waals surface area contributed by atoms with E-state index in [9.17, 15) is 19.5 Å². The van der Waals surface area contributed by atoms with Gasteiger partial charge in [-0.2, -0.15) is 0 Å². The maximum absolute atomic E-state index is 14.1. The predicted octanol–water partition coefficient (Wildman–Crippen LogP) is 2.14. The molecule has 36 heavy (non-hydrogen) atoms. The summed E-state index contributed by atoms with van der Waals surface area (Å²) in [6, 6.07) is 8.58. The number of nitrogens with zero attached hydrogens (tertiary/aromatic N) is 3. The minimum atomic E-state index is -1.22. The van der Waals surface area contributed by atoms with Crippen molar-refractivity contribution in [2.45, 2.75) is 56.9 Å². The Hall–Kier alpha value is -2.97. The Morgan fingerprint density at radius 1 is 1.08 bits per heavy atom. The Kier molecular flexibility index (Phi) is 6.74. The van der Waals surface area contributed by atoms with Gasteiger partial charge in [-0.05, 0) is 31.9 Å². The number of rotatable bonds is 7. The lowest BCUT2D eigenvalue weighted by Gasteiger charge is -2.37. The molecule has 0 radical (unpaired) electrons. The molecule has 1 spiro atoms. The van der Waals surface area contributed by atoms with Crippen LogP contribution in [0.2, 0.25) is 0 Å². The molecular weight excluding hydrogens is 458 g/mol. The van der Waals surface area contributed by atoms with Gasteiger partial charge in [0.25, 0.3) is 0 Å². The quantitative estimate of drug-likeness (QED) is 0.588. The Labute approximate surface area is 212 Å². The van der Waals surface area contributed by atoms with Gasteiger partial charge in [0.1, 0.15) is 11.6 Å². The molecule has 2 unspecified atom stereocenters. The standard InChI is InChI=1S/C28H35N3O5/c1-3-10-19(2)29-16-8-14-28-23(26(34)31(17-9-18-32)24(28)27(29)35)22-21(36-28)13-7-15-30(25(22)33)20-11-5-4-6-12-20/h4-8,11-14,19,21-24,32H,3,9-10,15-18H2,1-2H3/t19?,21-,22+,23-,24?,28-/m0/s1. The maximum Gasteiger partial charge on any atom is 0.249 e. The monoisotopic (exact) mass is 493 g/mol. The van der Waals surface area contributed by atoms with Crippen LogP contribution in [0.4, 0.5) is 5.69 Å². The summed E-state index contributed by atoms with van der Waals surface area (Å²) < 4.78 is 6.64. The molecule has 5 rings (SSSR count). The lowest BCUT2D eigenvalue weighted by Crippen LogP contribution is -2.56. The van der Waals surface area contributed by atoms with Crippen LogP contribution in [0.1, 0.15) is 33.1 Å². The fourth-order valence-corrected chi connectivity index (χ4v) is 6.45. The number of para-hydroxylation sites is 1. The second kappa shape index (κ2) is 9.82. The fraction of sp³-hybridized carbons (Fsp3) is 0.536. The molecule has 2 saturated heterocycles. The normalized spacial score (nSPS) is 32.3. The Bertz CT molecular complexity index is 1070. The van der Waals surface area contributed by atoms with Gasteiger partial charge in [-0.1, -0.05) is 55.8 Å².